The summed E-state index contributed by atoms with van der Waals surface area (Å²) in [6.07, 6.45) is 3.00. The lowest BCUT2D eigenvalue weighted by atomic mass is 10.1. The molecule has 8 nitrogen and oxygen atoms in total. The Morgan fingerprint density at radius 3 is 2.91 bits per heavy atom. The summed E-state index contributed by atoms with van der Waals surface area (Å²) in [6, 6.07) is 14.0. The van der Waals surface area contributed by atoms with Gasteiger partial charge < -0.3 is 20.1 Å². The number of amides is 2. The normalized spacial score (nSPS) is 16.0. The van der Waals surface area contributed by atoms with Gasteiger partial charge in [0.05, 0.1) is 7.11 Å². The van der Waals surface area contributed by atoms with E-state index in [4.69, 9.17) is 9.47 Å². The highest BCUT2D eigenvalue weighted by Gasteiger charge is 2.23. The quantitative estimate of drug-likeness (QED) is 0.570. The molecule has 2 amide bonds. The molecule has 3 aromatic rings. The van der Waals surface area contributed by atoms with E-state index >= 15 is 0 Å². The summed E-state index contributed by atoms with van der Waals surface area (Å²) in [5.74, 6) is 1.46. The van der Waals surface area contributed by atoms with Gasteiger partial charge in [0.2, 0.25) is 5.91 Å². The summed E-state index contributed by atoms with van der Waals surface area (Å²) in [5.41, 5.74) is 1.45. The Morgan fingerprint density at radius 1 is 1.19 bits per heavy atom. The van der Waals surface area contributed by atoms with Gasteiger partial charge in [0.1, 0.15) is 17.5 Å². The Morgan fingerprint density at radius 2 is 2.03 bits per heavy atom. The van der Waals surface area contributed by atoms with E-state index in [-0.39, 0.29) is 11.8 Å². The van der Waals surface area contributed by atoms with Crippen LogP contribution < -0.4 is 20.1 Å². The van der Waals surface area contributed by atoms with Gasteiger partial charge in [-0.15, -0.1) is 0 Å². The molecule has 0 radical (unpaired) electrons. The number of methoxy groups -OCH3 is 1. The number of hydrogen-bond donors (Lipinski definition) is 2. The molecule has 32 heavy (non-hydrogen) atoms. The van der Waals surface area contributed by atoms with Crippen molar-refractivity contribution in [2.75, 3.05) is 13.7 Å². The van der Waals surface area contributed by atoms with Crippen molar-refractivity contribution in [3.8, 4) is 16.7 Å². The third kappa shape index (κ3) is 5.61. The maximum absolute atomic E-state index is 12.7. The molecule has 9 heteroatoms. The third-order valence-electron chi connectivity index (χ3n) is 5.09. The van der Waals surface area contributed by atoms with Gasteiger partial charge in [0.15, 0.2) is 5.82 Å². The Hall–Kier alpha value is -3.46. The number of nitrogens with zero attached hydrogens (tertiary/aromatic N) is 2. The maximum atomic E-state index is 12.7. The first-order valence-electron chi connectivity index (χ1n) is 10.4. The van der Waals surface area contributed by atoms with Crippen molar-refractivity contribution in [3.05, 3.63) is 65.5 Å². The Balaban J connectivity index is 1.39. The molecule has 0 saturated carbocycles. The predicted molar refractivity (Wildman–Crippen MR) is 120 cm³/mol. The minimum absolute atomic E-state index is 0.138. The van der Waals surface area contributed by atoms with E-state index in [1.807, 2.05) is 24.3 Å². The lowest BCUT2D eigenvalue weighted by Gasteiger charge is -2.15. The number of rotatable bonds is 7. The van der Waals surface area contributed by atoms with Crippen LogP contribution in [-0.2, 0) is 11.2 Å². The molecule has 2 aromatic carbocycles. The van der Waals surface area contributed by atoms with Gasteiger partial charge in [-0.25, -0.2) is 0 Å². The molecule has 0 aliphatic carbocycles. The van der Waals surface area contributed by atoms with E-state index in [9.17, 15) is 9.59 Å². The first kappa shape index (κ1) is 21.8. The van der Waals surface area contributed by atoms with E-state index in [0.29, 0.717) is 41.7 Å². The average Bonchev–Trinajstić information content (AvgIpc) is 3.14. The van der Waals surface area contributed by atoms with Gasteiger partial charge in [-0.2, -0.15) is 9.36 Å². The van der Waals surface area contributed by atoms with Crippen LogP contribution in [0.2, 0.25) is 0 Å². The van der Waals surface area contributed by atoms with E-state index in [1.54, 1.807) is 31.4 Å². The molecule has 4 rings (SSSR count). The summed E-state index contributed by atoms with van der Waals surface area (Å²) < 4.78 is 15.4. The molecule has 1 aliphatic rings. The van der Waals surface area contributed by atoms with Crippen LogP contribution in [0.1, 0.15) is 41.0 Å². The molecule has 1 aromatic heterocycles. The fourth-order valence-electron chi connectivity index (χ4n) is 3.44. The van der Waals surface area contributed by atoms with Gasteiger partial charge >= 0.3 is 0 Å². The van der Waals surface area contributed by atoms with Gasteiger partial charge in [0.25, 0.3) is 11.1 Å². The fourth-order valence-corrected chi connectivity index (χ4v) is 4.01. The molecule has 1 fully saturated rings. The average molecular weight is 453 g/mol. The third-order valence-corrected chi connectivity index (χ3v) is 5.72. The minimum Gasteiger partial charge on any atom is -0.497 e. The first-order valence-corrected chi connectivity index (χ1v) is 11.2. The van der Waals surface area contributed by atoms with Crippen molar-refractivity contribution >= 4 is 23.3 Å². The lowest BCUT2D eigenvalue weighted by molar-refractivity contribution is -0.122. The number of carbonyl (C=O) groups excluding carboxylic acids is 2. The summed E-state index contributed by atoms with van der Waals surface area (Å²) in [4.78, 5) is 29.2. The van der Waals surface area contributed by atoms with Crippen LogP contribution in [0.4, 0.5) is 0 Å². The standard InChI is InChI=1S/C23H24N4O4S/c1-30-17-8-4-6-15(12-17)13-20-26-23(32-27-20)31-18-9-5-7-16(14-18)21(28)25-19-10-2-3-11-24-22(19)29/h4-9,12,14,19H,2-3,10-11,13H2,1H3,(H,24,29)(H,25,28). The zero-order chi connectivity index (χ0) is 22.3. The highest BCUT2D eigenvalue weighted by atomic mass is 32.1. The van der Waals surface area contributed by atoms with Gasteiger partial charge in [-0.1, -0.05) is 18.2 Å². The van der Waals surface area contributed by atoms with Crippen LogP contribution in [0.15, 0.2) is 48.5 Å². The topological polar surface area (TPSA) is 102 Å². The number of benzene rings is 2. The smallest absolute Gasteiger partial charge is 0.298 e. The Labute approximate surface area is 190 Å². The summed E-state index contributed by atoms with van der Waals surface area (Å²) in [7, 11) is 1.63. The van der Waals surface area contributed by atoms with Crippen LogP contribution in [0.25, 0.3) is 0 Å². The molecular weight excluding hydrogens is 428 g/mol. The molecule has 2 heterocycles. The van der Waals surface area contributed by atoms with E-state index in [2.05, 4.69) is 20.0 Å². The molecule has 2 N–H and O–H groups in total. The van der Waals surface area contributed by atoms with Crippen molar-refractivity contribution in [2.24, 2.45) is 0 Å². The first-order chi connectivity index (χ1) is 15.6. The lowest BCUT2D eigenvalue weighted by Crippen LogP contribution is -2.45. The molecule has 166 valence electrons. The molecule has 1 saturated heterocycles. The molecule has 0 bridgehead atoms. The second-order valence-corrected chi connectivity index (χ2v) is 8.16. The molecule has 0 spiro atoms. The number of aromatic nitrogens is 2. The second-order valence-electron chi connectivity index (χ2n) is 7.45. The van der Waals surface area contributed by atoms with E-state index < -0.39 is 6.04 Å². The SMILES string of the molecule is COc1cccc(Cc2nsc(Oc3cccc(C(=O)NC4CCCCNC4=O)c3)n2)c1. The van der Waals surface area contributed by atoms with Crippen LogP contribution in [-0.4, -0.2) is 40.9 Å². The molecule has 1 aliphatic heterocycles. The number of carbonyl (C=O) groups is 2. The number of nitrogens with one attached hydrogen (secondary N) is 2. The number of hydrogen-bond acceptors (Lipinski definition) is 7. The van der Waals surface area contributed by atoms with Crippen LogP contribution >= 0.6 is 11.5 Å². The monoisotopic (exact) mass is 452 g/mol. The molecular formula is C23H24N4O4S. The summed E-state index contributed by atoms with van der Waals surface area (Å²) in [5, 5.41) is 6.03. The Bertz CT molecular complexity index is 1100. The van der Waals surface area contributed by atoms with Gasteiger partial charge in [-0.05, 0) is 55.2 Å². The zero-order valence-electron chi connectivity index (χ0n) is 17.7. The minimum atomic E-state index is -0.517. The van der Waals surface area contributed by atoms with Gasteiger partial charge in [-0.3, -0.25) is 9.59 Å². The van der Waals surface area contributed by atoms with Crippen molar-refractivity contribution in [1.29, 1.82) is 0 Å². The van der Waals surface area contributed by atoms with Crippen molar-refractivity contribution in [3.63, 3.8) is 0 Å². The maximum Gasteiger partial charge on any atom is 0.298 e. The highest BCUT2D eigenvalue weighted by Crippen LogP contribution is 2.25. The predicted octanol–water partition coefficient (Wildman–Crippen LogP) is 3.33. The second kappa shape index (κ2) is 10.2. The van der Waals surface area contributed by atoms with E-state index in [0.717, 1.165) is 35.7 Å². The number of ether oxygens (including phenoxy) is 2. The van der Waals surface area contributed by atoms with Crippen LogP contribution in [0.3, 0.4) is 0 Å². The van der Waals surface area contributed by atoms with Crippen LogP contribution in [0, 0.1) is 0 Å². The van der Waals surface area contributed by atoms with Crippen molar-refractivity contribution in [2.45, 2.75) is 31.7 Å². The fraction of sp³-hybridized carbons (Fsp3) is 0.304. The van der Waals surface area contributed by atoms with Crippen LogP contribution in [0.5, 0.6) is 16.7 Å². The van der Waals surface area contributed by atoms with Gasteiger partial charge in [0, 0.05) is 30.1 Å². The van der Waals surface area contributed by atoms with E-state index in [1.165, 1.54) is 0 Å². The zero-order valence-corrected chi connectivity index (χ0v) is 18.5. The molecule has 1 unspecified atom stereocenters. The largest absolute Gasteiger partial charge is 0.497 e. The highest BCUT2D eigenvalue weighted by molar-refractivity contribution is 7.07. The van der Waals surface area contributed by atoms with Crippen molar-refractivity contribution < 1.29 is 19.1 Å². The Kier molecular flexibility index (Phi) is 6.96. The summed E-state index contributed by atoms with van der Waals surface area (Å²) >= 11 is 1.15. The van der Waals surface area contributed by atoms with Crippen molar-refractivity contribution in [1.82, 2.24) is 20.0 Å². The molecule has 1 atom stereocenters. The summed E-state index contributed by atoms with van der Waals surface area (Å²) in [6.45, 7) is 0.649.